The molecule has 0 aliphatic heterocycles. The van der Waals surface area contributed by atoms with Crippen LogP contribution >= 0.6 is 0 Å². The summed E-state index contributed by atoms with van der Waals surface area (Å²) in [4.78, 5) is 21.9. The number of furan rings is 1. The monoisotopic (exact) mass is 1040 g/mol. The molecule has 4 aromatic heterocycles. The molecule has 7 nitrogen and oxygen atoms in total. The molecule has 4 heterocycles. The van der Waals surface area contributed by atoms with Gasteiger partial charge in [0.05, 0.1) is 28.1 Å². The first-order valence-electron chi connectivity index (χ1n) is 23.3. The minimum atomic E-state index is -2.27. The minimum Gasteiger partial charge on any atom is -0.501 e. The number of aryl methyl sites for hydroxylation is 1. The molecule has 11 rings (SSSR count). The molecule has 0 saturated heterocycles. The van der Waals surface area contributed by atoms with E-state index < -0.39 is 6.85 Å². The zero-order chi connectivity index (χ0) is 46.9. The first kappa shape index (κ1) is 40.2. The molecule has 0 saturated carbocycles. The van der Waals surface area contributed by atoms with Gasteiger partial charge in [0.1, 0.15) is 5.58 Å². The second kappa shape index (κ2) is 19.0. The van der Waals surface area contributed by atoms with Gasteiger partial charge in [-0.1, -0.05) is 166 Å². The van der Waals surface area contributed by atoms with E-state index in [1.54, 1.807) is 0 Å². The fourth-order valence-corrected chi connectivity index (χ4v) is 8.38. The second-order valence-electron chi connectivity index (χ2n) is 16.6. The van der Waals surface area contributed by atoms with E-state index in [9.17, 15) is 0 Å². The van der Waals surface area contributed by atoms with E-state index in [0.29, 0.717) is 17.2 Å². The molecule has 0 fully saturated rings. The van der Waals surface area contributed by atoms with E-state index in [2.05, 4.69) is 180 Å². The average molecular weight is 1040 g/mol. The van der Waals surface area contributed by atoms with Gasteiger partial charge in [-0.25, -0.2) is 6.07 Å². The summed E-state index contributed by atoms with van der Waals surface area (Å²) in [5, 5.41) is 2.15. The molecule has 0 spiro atoms. The maximum absolute atomic E-state index is 7.29. The van der Waals surface area contributed by atoms with Gasteiger partial charge in [0.15, 0.2) is 5.82 Å². The van der Waals surface area contributed by atoms with Crippen LogP contribution in [0.25, 0.3) is 95.1 Å². The quantitative estimate of drug-likeness (QED) is 0.141. The molecule has 0 bridgehead atoms. The van der Waals surface area contributed by atoms with E-state index in [1.165, 1.54) is 52.1 Å². The summed E-state index contributed by atoms with van der Waals surface area (Å²) < 4.78 is 31.0. The van der Waals surface area contributed by atoms with Crippen LogP contribution in [0.1, 0.15) is 60.5 Å². The largest absolute Gasteiger partial charge is 0.501 e. The van der Waals surface area contributed by atoms with Crippen LogP contribution in [-0.2, 0) is 20.1 Å². The predicted octanol–water partition coefficient (Wildman–Crippen LogP) is 14.7. The molecule has 8 heteroatoms. The third-order valence-corrected chi connectivity index (χ3v) is 11.6. The Balaban J connectivity index is 0.000000217. The van der Waals surface area contributed by atoms with Crippen LogP contribution in [0.15, 0.2) is 181 Å². The SMILES string of the molecule is CC(C)c1cc(-c2ccccc2)cc(C(C)C)c1-n1c(-c2[c-]ccc3c2oc2cc(-c4ccccc4)ccc23)nc2ccccc21.[2H]C([2H])([2H])c1cnc(-c2[c-]cnc(-c3ccccc3)n2)cn1.[Ir]. The normalized spacial score (nSPS) is 12.1. The number of benzene rings is 7. The van der Waals surface area contributed by atoms with Gasteiger partial charge in [-0.2, -0.15) is 0 Å². The van der Waals surface area contributed by atoms with Gasteiger partial charge in [0.25, 0.3) is 0 Å². The Bertz CT molecular complexity index is 3530. The van der Waals surface area contributed by atoms with Crippen molar-refractivity contribution in [3.8, 4) is 62.1 Å². The fourth-order valence-electron chi connectivity index (χ4n) is 8.38. The van der Waals surface area contributed by atoms with Gasteiger partial charge in [0.2, 0.25) is 0 Å². The Morgan fingerprint density at radius 3 is 1.89 bits per heavy atom. The molecule has 1 radical (unpaired) electrons. The summed E-state index contributed by atoms with van der Waals surface area (Å²) in [5.74, 6) is 1.96. The molecule has 11 aromatic rings. The zero-order valence-electron chi connectivity index (χ0n) is 39.8. The Morgan fingerprint density at radius 1 is 0.591 bits per heavy atom. The van der Waals surface area contributed by atoms with Gasteiger partial charge < -0.3 is 14.0 Å². The zero-order valence-corrected chi connectivity index (χ0v) is 39.2. The summed E-state index contributed by atoms with van der Waals surface area (Å²) in [5.41, 5.74) is 14.8. The van der Waals surface area contributed by atoms with Crippen LogP contribution in [-0.4, -0.2) is 29.5 Å². The van der Waals surface area contributed by atoms with Crippen molar-refractivity contribution in [1.29, 1.82) is 0 Å². The molecule has 0 N–H and O–H groups in total. The molecular formula is C58H46IrN6O-2. The number of hydrogen-bond acceptors (Lipinski definition) is 6. The van der Waals surface area contributed by atoms with Crippen LogP contribution in [0.5, 0.6) is 0 Å². The third-order valence-electron chi connectivity index (χ3n) is 11.6. The molecule has 0 unspecified atom stereocenters. The predicted molar refractivity (Wildman–Crippen MR) is 264 cm³/mol. The van der Waals surface area contributed by atoms with Gasteiger partial charge >= 0.3 is 0 Å². The van der Waals surface area contributed by atoms with Gasteiger partial charge in [-0.05, 0) is 94.3 Å². The van der Waals surface area contributed by atoms with Crippen LogP contribution in [0.4, 0.5) is 0 Å². The standard InChI is InChI=1S/C43H35N2O.C15H11N4.Ir/c1-27(2)36-24-32(30-16-9-6-10-17-30)25-37(28(3)4)41(36)45-39-21-12-11-20-38(39)44-43(45)35-19-13-18-34-33-23-22-31(26-40(33)46-42(34)35)29-14-7-5-8-15-29;1-11-9-18-14(10-17-11)13-7-8-16-15(19-13)12-5-3-2-4-6-12;/h5-18,20-28H,1-4H3;2-6,8-10H,1H3;/q2*-1;/i;1D3;. The summed E-state index contributed by atoms with van der Waals surface area (Å²) in [7, 11) is 0. The van der Waals surface area contributed by atoms with E-state index in [-0.39, 0.29) is 37.6 Å². The Morgan fingerprint density at radius 2 is 1.24 bits per heavy atom. The molecule has 0 atom stereocenters. The van der Waals surface area contributed by atoms with Crippen molar-refractivity contribution in [2.75, 3.05) is 0 Å². The Labute approximate surface area is 402 Å². The first-order valence-corrected chi connectivity index (χ1v) is 21.8. The van der Waals surface area contributed by atoms with Crippen molar-refractivity contribution in [2.45, 2.75) is 46.4 Å². The van der Waals surface area contributed by atoms with Crippen molar-refractivity contribution in [3.05, 3.63) is 205 Å². The van der Waals surface area contributed by atoms with Crippen molar-refractivity contribution in [3.63, 3.8) is 0 Å². The topological polar surface area (TPSA) is 82.5 Å². The molecule has 0 amide bonds. The molecule has 325 valence electrons. The molecule has 66 heavy (non-hydrogen) atoms. The van der Waals surface area contributed by atoms with Gasteiger partial charge in [0, 0.05) is 47.1 Å². The Kier molecular flexibility index (Phi) is 11.6. The van der Waals surface area contributed by atoms with Crippen LogP contribution in [0, 0.1) is 19.0 Å². The molecule has 0 aliphatic rings. The van der Waals surface area contributed by atoms with Gasteiger partial charge in [-0.3, -0.25) is 19.9 Å². The van der Waals surface area contributed by atoms with Crippen molar-refractivity contribution in [1.82, 2.24) is 29.5 Å². The smallest absolute Gasteiger partial charge is 0.155 e. The number of rotatable bonds is 8. The number of nitrogens with zero attached hydrogens (tertiary/aromatic N) is 6. The fraction of sp³-hybridized carbons (Fsp3) is 0.121. The number of aromatic nitrogens is 6. The first-order chi connectivity index (χ1) is 33.0. The minimum absolute atomic E-state index is 0. The summed E-state index contributed by atoms with van der Waals surface area (Å²) in [6.45, 7) is 6.87. The number of para-hydroxylation sites is 2. The van der Waals surface area contributed by atoms with Crippen LogP contribution in [0.2, 0.25) is 0 Å². The number of fused-ring (bicyclic) bond motifs is 4. The van der Waals surface area contributed by atoms with Crippen LogP contribution < -0.4 is 0 Å². The Hall–Kier alpha value is -7.38. The summed E-state index contributed by atoms with van der Waals surface area (Å²) in [6.07, 6.45) is 4.14. The molecule has 7 aromatic carbocycles. The van der Waals surface area contributed by atoms with Crippen LogP contribution in [0.3, 0.4) is 0 Å². The summed E-state index contributed by atoms with van der Waals surface area (Å²) in [6, 6.07) is 60.9. The van der Waals surface area contributed by atoms with E-state index in [4.69, 9.17) is 13.5 Å². The molecule has 0 aliphatic carbocycles. The maximum atomic E-state index is 7.29. The van der Waals surface area contributed by atoms with E-state index in [1.807, 2.05) is 42.5 Å². The van der Waals surface area contributed by atoms with Gasteiger partial charge in [-0.15, -0.1) is 18.2 Å². The number of hydrogen-bond donors (Lipinski definition) is 0. The number of imidazole rings is 1. The van der Waals surface area contributed by atoms with Crippen molar-refractivity contribution < 1.29 is 28.6 Å². The third kappa shape index (κ3) is 8.61. The van der Waals surface area contributed by atoms with E-state index >= 15 is 0 Å². The maximum Gasteiger partial charge on any atom is 0.155 e. The van der Waals surface area contributed by atoms with E-state index in [0.717, 1.165) is 55.5 Å². The van der Waals surface area contributed by atoms with Crippen molar-refractivity contribution >= 4 is 33.0 Å². The second-order valence-corrected chi connectivity index (χ2v) is 16.6. The average Bonchev–Trinajstić information content (AvgIpc) is 3.95. The molecular weight excluding hydrogens is 989 g/mol. The van der Waals surface area contributed by atoms with Crippen molar-refractivity contribution in [2.24, 2.45) is 0 Å². The summed E-state index contributed by atoms with van der Waals surface area (Å²) >= 11 is 0.